The molecule has 1 aliphatic rings. The molecule has 19 heavy (non-hydrogen) atoms. The zero-order valence-electron chi connectivity index (χ0n) is 10.9. The van der Waals surface area contributed by atoms with Crippen molar-refractivity contribution in [2.45, 2.75) is 13.8 Å². The zero-order valence-corrected chi connectivity index (χ0v) is 11.6. The number of carbonyl (C=O) groups is 2. The van der Waals surface area contributed by atoms with Gasteiger partial charge in [0.25, 0.3) is 11.8 Å². The average molecular weight is 276 g/mol. The summed E-state index contributed by atoms with van der Waals surface area (Å²) >= 11 is 6.01. The molecule has 0 aliphatic carbocycles. The van der Waals surface area contributed by atoms with Crippen molar-refractivity contribution in [3.63, 3.8) is 0 Å². The number of rotatable bonds is 3. The van der Waals surface area contributed by atoms with Crippen LogP contribution < -0.4 is 0 Å². The van der Waals surface area contributed by atoms with Crippen LogP contribution in [0.2, 0.25) is 0 Å². The lowest BCUT2D eigenvalue weighted by molar-refractivity contribution is -0.135. The highest BCUT2D eigenvalue weighted by molar-refractivity contribution is 6.55. The Morgan fingerprint density at radius 1 is 1.21 bits per heavy atom. The van der Waals surface area contributed by atoms with Gasteiger partial charge in [0, 0.05) is 6.54 Å². The molecule has 0 saturated carbocycles. The molecule has 0 atom stereocenters. The van der Waals surface area contributed by atoms with E-state index in [1.54, 1.807) is 0 Å². The van der Waals surface area contributed by atoms with Gasteiger partial charge in [-0.25, -0.2) is 0 Å². The molecule has 1 aromatic carbocycles. The first-order valence-electron chi connectivity index (χ1n) is 5.92. The molecule has 2 rings (SSSR count). The molecule has 0 aromatic heterocycles. The van der Waals surface area contributed by atoms with E-state index in [0.29, 0.717) is 5.56 Å². The fourth-order valence-electron chi connectivity index (χ4n) is 1.99. The first kappa shape index (κ1) is 13.6. The summed E-state index contributed by atoms with van der Waals surface area (Å²) in [4.78, 5) is 25.2. The van der Waals surface area contributed by atoms with Crippen LogP contribution in [-0.4, -0.2) is 23.3 Å². The largest absolute Gasteiger partial charge is 0.273 e. The van der Waals surface area contributed by atoms with Crippen LogP contribution in [0.1, 0.15) is 16.7 Å². The van der Waals surface area contributed by atoms with Crippen molar-refractivity contribution in [2.75, 3.05) is 6.54 Å². The van der Waals surface area contributed by atoms with Crippen LogP contribution in [0.15, 0.2) is 35.9 Å². The first-order valence-corrected chi connectivity index (χ1v) is 6.29. The second-order valence-corrected chi connectivity index (χ2v) is 4.88. The highest BCUT2D eigenvalue weighted by Gasteiger charge is 2.37. The molecule has 1 aromatic rings. The van der Waals surface area contributed by atoms with E-state index in [1.807, 2.05) is 32.0 Å². The van der Waals surface area contributed by atoms with Crippen LogP contribution in [0.4, 0.5) is 0 Å². The van der Waals surface area contributed by atoms with Gasteiger partial charge in [-0.3, -0.25) is 14.5 Å². The molecular weight excluding hydrogens is 262 g/mol. The monoisotopic (exact) mass is 275 g/mol. The summed E-state index contributed by atoms with van der Waals surface area (Å²) in [5.41, 5.74) is 3.13. The van der Waals surface area contributed by atoms with E-state index in [0.717, 1.165) is 16.0 Å². The zero-order chi connectivity index (χ0) is 14.2. The molecule has 0 spiro atoms. The quantitative estimate of drug-likeness (QED) is 0.628. The Kier molecular flexibility index (Phi) is 3.58. The predicted octanol–water partition coefficient (Wildman–Crippen LogP) is 2.81. The summed E-state index contributed by atoms with van der Waals surface area (Å²) in [7, 11) is 0. The van der Waals surface area contributed by atoms with Crippen LogP contribution >= 0.6 is 11.6 Å². The molecule has 0 N–H and O–H groups in total. The fourth-order valence-corrected chi connectivity index (χ4v) is 2.28. The normalized spacial score (nSPS) is 15.4. The lowest BCUT2D eigenvalue weighted by Gasteiger charge is -2.12. The Bertz CT molecular complexity index is 617. The summed E-state index contributed by atoms with van der Waals surface area (Å²) in [6.45, 7) is 7.64. The molecule has 1 heterocycles. The summed E-state index contributed by atoms with van der Waals surface area (Å²) < 4.78 is 0. The maximum Gasteiger partial charge on any atom is 0.273 e. The van der Waals surface area contributed by atoms with E-state index < -0.39 is 5.91 Å². The van der Waals surface area contributed by atoms with Crippen molar-refractivity contribution in [3.05, 3.63) is 52.6 Å². The van der Waals surface area contributed by atoms with Gasteiger partial charge in [-0.15, -0.1) is 6.58 Å². The number of hydrogen-bond acceptors (Lipinski definition) is 2. The number of nitrogens with zero attached hydrogens (tertiary/aromatic N) is 1. The minimum atomic E-state index is -0.459. The SMILES string of the molecule is C=CCN1C(=O)C(Cl)=C(c2ccc(C)c(C)c2)C1=O. The minimum Gasteiger partial charge on any atom is -0.270 e. The highest BCUT2D eigenvalue weighted by Crippen LogP contribution is 2.32. The van der Waals surface area contributed by atoms with Gasteiger partial charge >= 0.3 is 0 Å². The van der Waals surface area contributed by atoms with Crippen molar-refractivity contribution >= 4 is 29.0 Å². The number of aryl methyl sites for hydroxylation is 2. The van der Waals surface area contributed by atoms with Gasteiger partial charge in [-0.1, -0.05) is 35.9 Å². The van der Waals surface area contributed by atoms with Crippen molar-refractivity contribution in [2.24, 2.45) is 0 Å². The average Bonchev–Trinajstić information content (AvgIpc) is 2.58. The topological polar surface area (TPSA) is 37.4 Å². The number of amides is 2. The minimum absolute atomic E-state index is 0.0184. The second kappa shape index (κ2) is 5.02. The maximum atomic E-state index is 12.2. The summed E-state index contributed by atoms with van der Waals surface area (Å²) in [6.07, 6.45) is 1.50. The second-order valence-electron chi connectivity index (χ2n) is 4.50. The molecular formula is C15H14ClNO2. The van der Waals surface area contributed by atoms with Gasteiger partial charge in [-0.2, -0.15) is 0 Å². The third kappa shape index (κ3) is 2.22. The molecule has 2 amide bonds. The number of hydrogen-bond donors (Lipinski definition) is 0. The summed E-state index contributed by atoms with van der Waals surface area (Å²) in [6, 6.07) is 5.59. The van der Waals surface area contributed by atoms with E-state index in [2.05, 4.69) is 6.58 Å². The van der Waals surface area contributed by atoms with Crippen LogP contribution in [0.25, 0.3) is 5.57 Å². The third-order valence-corrected chi connectivity index (χ3v) is 3.57. The Labute approximate surface area is 117 Å². The van der Waals surface area contributed by atoms with Gasteiger partial charge in [0.2, 0.25) is 0 Å². The van der Waals surface area contributed by atoms with Crippen LogP contribution in [-0.2, 0) is 9.59 Å². The molecule has 0 radical (unpaired) electrons. The van der Waals surface area contributed by atoms with E-state index in [9.17, 15) is 9.59 Å². The Morgan fingerprint density at radius 3 is 2.47 bits per heavy atom. The molecule has 98 valence electrons. The fraction of sp³-hybridized carbons (Fsp3) is 0.200. The van der Waals surface area contributed by atoms with Crippen LogP contribution in [0.3, 0.4) is 0 Å². The number of benzene rings is 1. The van der Waals surface area contributed by atoms with Crippen molar-refractivity contribution in [1.82, 2.24) is 4.90 Å². The molecule has 3 nitrogen and oxygen atoms in total. The van der Waals surface area contributed by atoms with Crippen molar-refractivity contribution in [1.29, 1.82) is 0 Å². The lowest BCUT2D eigenvalue weighted by atomic mass is 10.0. The summed E-state index contributed by atoms with van der Waals surface area (Å²) in [5, 5.41) is -0.0184. The smallest absolute Gasteiger partial charge is 0.270 e. The van der Waals surface area contributed by atoms with E-state index in [4.69, 9.17) is 11.6 Å². The standard InChI is InChI=1S/C15H14ClNO2/c1-4-7-17-14(18)12(13(16)15(17)19)11-6-5-9(2)10(3)8-11/h4-6,8H,1,7H2,2-3H3. The van der Waals surface area contributed by atoms with E-state index in [1.165, 1.54) is 6.08 Å². The Morgan fingerprint density at radius 2 is 1.89 bits per heavy atom. The van der Waals surface area contributed by atoms with Crippen molar-refractivity contribution in [3.8, 4) is 0 Å². The molecule has 1 aliphatic heterocycles. The molecule has 0 bridgehead atoms. The highest BCUT2D eigenvalue weighted by atomic mass is 35.5. The van der Waals surface area contributed by atoms with Crippen LogP contribution in [0.5, 0.6) is 0 Å². The number of imide groups is 1. The maximum absolute atomic E-state index is 12.2. The number of carbonyl (C=O) groups excluding carboxylic acids is 2. The molecule has 0 unspecified atom stereocenters. The van der Waals surface area contributed by atoms with Gasteiger partial charge in [-0.05, 0) is 30.5 Å². The van der Waals surface area contributed by atoms with Gasteiger partial charge < -0.3 is 0 Å². The van der Waals surface area contributed by atoms with Gasteiger partial charge in [0.15, 0.2) is 0 Å². The number of halogens is 1. The predicted molar refractivity (Wildman–Crippen MR) is 75.6 cm³/mol. The first-order chi connectivity index (χ1) is 8.97. The van der Waals surface area contributed by atoms with E-state index >= 15 is 0 Å². The molecule has 4 heteroatoms. The lowest BCUT2D eigenvalue weighted by Crippen LogP contribution is -2.31. The van der Waals surface area contributed by atoms with Gasteiger partial charge in [0.05, 0.1) is 5.57 Å². The third-order valence-electron chi connectivity index (χ3n) is 3.22. The van der Waals surface area contributed by atoms with Gasteiger partial charge in [0.1, 0.15) is 5.03 Å². The van der Waals surface area contributed by atoms with Crippen molar-refractivity contribution < 1.29 is 9.59 Å². The Balaban J connectivity index is 2.49. The van der Waals surface area contributed by atoms with Crippen LogP contribution in [0, 0.1) is 13.8 Å². The summed E-state index contributed by atoms with van der Waals surface area (Å²) in [5.74, 6) is -0.821. The van der Waals surface area contributed by atoms with E-state index in [-0.39, 0.29) is 23.1 Å². The molecule has 0 saturated heterocycles. The Hall–Kier alpha value is -1.87. The molecule has 0 fully saturated rings.